The Bertz CT molecular complexity index is 1240. The van der Waals surface area contributed by atoms with E-state index in [2.05, 4.69) is 10.5 Å². The van der Waals surface area contributed by atoms with Gasteiger partial charge in [-0.05, 0) is 57.0 Å². The number of benzene rings is 2. The van der Waals surface area contributed by atoms with Gasteiger partial charge in [0.05, 0.1) is 21.7 Å². The first-order valence-corrected chi connectivity index (χ1v) is 12.9. The average Bonchev–Trinajstić information content (AvgIpc) is 3.01. The van der Waals surface area contributed by atoms with E-state index in [9.17, 15) is 13.2 Å². The molecule has 0 aliphatic carbocycles. The number of aromatic nitrogens is 1. The van der Waals surface area contributed by atoms with Crippen LogP contribution in [-0.4, -0.2) is 36.9 Å². The maximum atomic E-state index is 13.1. The van der Waals surface area contributed by atoms with Crippen LogP contribution in [0, 0.1) is 13.8 Å². The fraction of sp³-hybridized carbons (Fsp3) is 0.360. The fourth-order valence-corrected chi connectivity index (χ4v) is 5.57. The monoisotopic (exact) mass is 483 g/mol. The minimum Gasteiger partial charge on any atom is -0.488 e. The Morgan fingerprint density at radius 2 is 1.79 bits per heavy atom. The van der Waals surface area contributed by atoms with Crippen molar-refractivity contribution in [2.24, 2.45) is 0 Å². The highest BCUT2D eigenvalue weighted by Crippen LogP contribution is 2.25. The van der Waals surface area contributed by atoms with Gasteiger partial charge in [0, 0.05) is 18.8 Å². The van der Waals surface area contributed by atoms with Crippen LogP contribution in [0.5, 0.6) is 5.75 Å². The highest BCUT2D eigenvalue weighted by Gasteiger charge is 2.25. The van der Waals surface area contributed by atoms with Gasteiger partial charge >= 0.3 is 0 Å². The summed E-state index contributed by atoms with van der Waals surface area (Å²) in [5.41, 5.74) is 2.32. The van der Waals surface area contributed by atoms with Crippen molar-refractivity contribution < 1.29 is 22.5 Å². The van der Waals surface area contributed by atoms with Crippen molar-refractivity contribution in [3.05, 3.63) is 71.1 Å². The third kappa shape index (κ3) is 5.31. The summed E-state index contributed by atoms with van der Waals surface area (Å²) in [5, 5.41) is 6.73. The van der Waals surface area contributed by atoms with Crippen molar-refractivity contribution in [1.29, 1.82) is 0 Å². The van der Waals surface area contributed by atoms with Gasteiger partial charge in [-0.2, -0.15) is 4.31 Å². The minimum absolute atomic E-state index is 0.176. The Labute approximate surface area is 200 Å². The number of carbonyl (C=O) groups excluding carboxylic acids is 1. The van der Waals surface area contributed by atoms with Gasteiger partial charge in [-0.15, -0.1) is 0 Å². The van der Waals surface area contributed by atoms with E-state index in [-0.39, 0.29) is 11.5 Å². The fourth-order valence-electron chi connectivity index (χ4n) is 4.00. The standard InChI is InChI=1S/C25H29N3O5S/c1-18-23(19(2)33-27-18)17-32-24-13-6-5-12-22(24)25(29)26-20-10-9-11-21(16-20)34(30,31)28-14-7-3-4-8-15-28/h5-6,9-13,16H,3-4,7-8,14-15,17H2,1-2H3,(H,26,29). The normalized spacial score (nSPS) is 15.0. The molecule has 4 rings (SSSR count). The number of nitrogens with one attached hydrogen (secondary N) is 1. The van der Waals surface area contributed by atoms with Crippen molar-refractivity contribution in [3.63, 3.8) is 0 Å². The lowest BCUT2D eigenvalue weighted by Crippen LogP contribution is -2.32. The first-order valence-electron chi connectivity index (χ1n) is 11.4. The second-order valence-electron chi connectivity index (χ2n) is 8.39. The molecule has 34 heavy (non-hydrogen) atoms. The first-order chi connectivity index (χ1) is 16.4. The molecule has 1 N–H and O–H groups in total. The van der Waals surface area contributed by atoms with Gasteiger partial charge in [-0.25, -0.2) is 8.42 Å². The summed E-state index contributed by atoms with van der Waals surface area (Å²) in [4.78, 5) is 13.2. The Balaban J connectivity index is 1.50. The van der Waals surface area contributed by atoms with Crippen molar-refractivity contribution in [2.75, 3.05) is 18.4 Å². The van der Waals surface area contributed by atoms with E-state index in [1.165, 1.54) is 6.07 Å². The van der Waals surface area contributed by atoms with E-state index in [1.54, 1.807) is 46.8 Å². The second-order valence-corrected chi connectivity index (χ2v) is 10.3. The number of hydrogen-bond acceptors (Lipinski definition) is 6. The van der Waals surface area contributed by atoms with Crippen molar-refractivity contribution in [2.45, 2.75) is 51.0 Å². The molecule has 0 spiro atoms. The van der Waals surface area contributed by atoms with Gasteiger partial charge < -0.3 is 14.6 Å². The van der Waals surface area contributed by atoms with Crippen LogP contribution < -0.4 is 10.1 Å². The van der Waals surface area contributed by atoms with Crippen LogP contribution in [0.1, 0.15) is 53.1 Å². The van der Waals surface area contributed by atoms with Crippen LogP contribution in [0.3, 0.4) is 0 Å². The highest BCUT2D eigenvalue weighted by molar-refractivity contribution is 7.89. The van der Waals surface area contributed by atoms with Crippen molar-refractivity contribution >= 4 is 21.6 Å². The van der Waals surface area contributed by atoms with Gasteiger partial charge in [0.25, 0.3) is 5.91 Å². The lowest BCUT2D eigenvalue weighted by molar-refractivity contribution is 0.102. The molecule has 0 saturated carbocycles. The molecule has 2 heterocycles. The highest BCUT2D eigenvalue weighted by atomic mass is 32.2. The van der Waals surface area contributed by atoms with Crippen LogP contribution in [0.4, 0.5) is 5.69 Å². The maximum absolute atomic E-state index is 13.1. The molecule has 8 nitrogen and oxygen atoms in total. The quantitative estimate of drug-likeness (QED) is 0.523. The van der Waals surface area contributed by atoms with Crippen LogP contribution in [-0.2, 0) is 16.6 Å². The number of amides is 1. The molecule has 1 fully saturated rings. The summed E-state index contributed by atoms with van der Waals surface area (Å²) in [6.45, 7) is 4.91. The lowest BCUT2D eigenvalue weighted by Gasteiger charge is -2.20. The van der Waals surface area contributed by atoms with Crippen LogP contribution in [0.2, 0.25) is 0 Å². The molecule has 3 aromatic rings. The molecule has 9 heteroatoms. The molecular weight excluding hydrogens is 454 g/mol. The van der Waals surface area contributed by atoms with E-state index >= 15 is 0 Å². The SMILES string of the molecule is Cc1noc(C)c1COc1ccccc1C(=O)Nc1cccc(S(=O)(=O)N2CCCCCC2)c1. The Morgan fingerprint density at radius 3 is 2.50 bits per heavy atom. The van der Waals surface area contributed by atoms with Crippen LogP contribution >= 0.6 is 0 Å². The molecule has 1 aromatic heterocycles. The molecule has 0 radical (unpaired) electrons. The van der Waals surface area contributed by atoms with Crippen LogP contribution in [0.25, 0.3) is 0 Å². The molecule has 2 aromatic carbocycles. The summed E-state index contributed by atoms with van der Waals surface area (Å²) >= 11 is 0. The number of anilines is 1. The molecule has 0 unspecified atom stereocenters. The van der Waals surface area contributed by atoms with E-state index in [0.29, 0.717) is 35.9 Å². The number of rotatable bonds is 7. The number of carbonyl (C=O) groups is 1. The molecule has 1 saturated heterocycles. The Hall–Kier alpha value is -3.17. The molecular formula is C25H29N3O5S. The molecule has 0 bridgehead atoms. The van der Waals surface area contributed by atoms with E-state index in [4.69, 9.17) is 9.26 Å². The first kappa shape index (κ1) is 24.0. The summed E-state index contributed by atoms with van der Waals surface area (Å²) in [6.07, 6.45) is 3.81. The minimum atomic E-state index is -3.62. The molecule has 180 valence electrons. The summed E-state index contributed by atoms with van der Waals surface area (Å²) in [7, 11) is -3.62. The van der Waals surface area contributed by atoms with E-state index in [0.717, 1.165) is 36.9 Å². The Morgan fingerprint density at radius 1 is 1.06 bits per heavy atom. The number of aryl methyl sites for hydroxylation is 2. The second kappa shape index (κ2) is 10.4. The van der Waals surface area contributed by atoms with Gasteiger partial charge in [0.1, 0.15) is 18.1 Å². The van der Waals surface area contributed by atoms with Crippen LogP contribution in [0.15, 0.2) is 57.9 Å². The largest absolute Gasteiger partial charge is 0.488 e. The molecule has 1 aliphatic rings. The maximum Gasteiger partial charge on any atom is 0.259 e. The third-order valence-electron chi connectivity index (χ3n) is 5.98. The van der Waals surface area contributed by atoms with Gasteiger partial charge in [0.15, 0.2) is 0 Å². The summed E-state index contributed by atoms with van der Waals surface area (Å²) < 4.78 is 38.9. The predicted octanol–water partition coefficient (Wildman–Crippen LogP) is 4.69. The Kier molecular flexibility index (Phi) is 7.33. The predicted molar refractivity (Wildman–Crippen MR) is 128 cm³/mol. The number of ether oxygens (including phenoxy) is 1. The molecule has 0 atom stereocenters. The third-order valence-corrected chi connectivity index (χ3v) is 7.87. The average molecular weight is 484 g/mol. The van der Waals surface area contributed by atoms with Gasteiger partial charge in [-0.3, -0.25) is 4.79 Å². The zero-order valence-corrected chi connectivity index (χ0v) is 20.2. The van der Waals surface area contributed by atoms with Gasteiger partial charge in [-0.1, -0.05) is 36.2 Å². The number of nitrogens with zero attached hydrogens (tertiary/aromatic N) is 2. The summed E-state index contributed by atoms with van der Waals surface area (Å²) in [6, 6.07) is 13.3. The van der Waals surface area contributed by atoms with Crippen molar-refractivity contribution in [3.8, 4) is 5.75 Å². The molecule has 1 aliphatic heterocycles. The number of sulfonamides is 1. The zero-order chi connectivity index (χ0) is 24.1. The topological polar surface area (TPSA) is 102 Å². The lowest BCUT2D eigenvalue weighted by atomic mass is 10.1. The smallest absolute Gasteiger partial charge is 0.259 e. The summed E-state index contributed by atoms with van der Waals surface area (Å²) in [5.74, 6) is 0.689. The number of hydrogen-bond donors (Lipinski definition) is 1. The van der Waals surface area contributed by atoms with E-state index < -0.39 is 15.9 Å². The number of para-hydroxylation sites is 1. The van der Waals surface area contributed by atoms with Crippen molar-refractivity contribution in [1.82, 2.24) is 9.46 Å². The van der Waals surface area contributed by atoms with E-state index in [1.807, 2.05) is 13.8 Å². The zero-order valence-electron chi connectivity index (χ0n) is 19.4. The molecule has 1 amide bonds. The van der Waals surface area contributed by atoms with Gasteiger partial charge in [0.2, 0.25) is 10.0 Å².